The number of likely N-dealkylation sites (N-methyl/N-ethyl adjacent to an activating group) is 1. The fraction of sp³-hybridized carbons (Fsp3) is 0.929. The van der Waals surface area contributed by atoms with Gasteiger partial charge in [0.1, 0.15) is 0 Å². The van der Waals surface area contributed by atoms with E-state index < -0.39 is 0 Å². The Balaban J connectivity index is 1.83. The highest BCUT2D eigenvalue weighted by Gasteiger charge is 2.29. The van der Waals surface area contributed by atoms with Gasteiger partial charge in [0.2, 0.25) is 5.91 Å². The van der Waals surface area contributed by atoms with Crippen LogP contribution in [0.3, 0.4) is 0 Å². The number of nitrogens with zero attached hydrogens (tertiary/aromatic N) is 2. The lowest BCUT2D eigenvalue weighted by Crippen LogP contribution is -2.40. The van der Waals surface area contributed by atoms with Crippen molar-refractivity contribution >= 4 is 5.91 Å². The predicted molar refractivity (Wildman–Crippen MR) is 73.2 cm³/mol. The second-order valence-corrected chi connectivity index (χ2v) is 5.94. The van der Waals surface area contributed by atoms with Gasteiger partial charge < -0.3 is 15.5 Å². The number of carbonyl (C=O) groups is 1. The zero-order valence-corrected chi connectivity index (χ0v) is 11.6. The molecule has 1 saturated carbocycles. The van der Waals surface area contributed by atoms with Gasteiger partial charge in [0.05, 0.1) is 0 Å². The normalized spacial score (nSPS) is 31.1. The molecule has 0 aromatic rings. The van der Waals surface area contributed by atoms with Gasteiger partial charge in [0, 0.05) is 25.6 Å². The van der Waals surface area contributed by atoms with Crippen LogP contribution in [-0.2, 0) is 4.79 Å². The quantitative estimate of drug-likeness (QED) is 0.796. The minimum Gasteiger partial charge on any atom is -0.341 e. The molecule has 1 aliphatic heterocycles. The molecule has 0 aromatic heterocycles. The average Bonchev–Trinajstić information content (AvgIpc) is 2.63. The number of hydrogen-bond acceptors (Lipinski definition) is 3. The van der Waals surface area contributed by atoms with Gasteiger partial charge in [-0.2, -0.15) is 0 Å². The Morgan fingerprint density at radius 3 is 2.50 bits per heavy atom. The van der Waals surface area contributed by atoms with Crippen LogP contribution in [-0.4, -0.2) is 55.5 Å². The van der Waals surface area contributed by atoms with Crippen molar-refractivity contribution in [1.29, 1.82) is 0 Å². The molecule has 2 fully saturated rings. The van der Waals surface area contributed by atoms with Crippen LogP contribution in [0.15, 0.2) is 0 Å². The zero-order valence-electron chi connectivity index (χ0n) is 11.6. The molecule has 0 atom stereocenters. The molecule has 1 amide bonds. The van der Waals surface area contributed by atoms with Crippen LogP contribution in [0, 0.1) is 11.8 Å². The van der Waals surface area contributed by atoms with E-state index in [4.69, 9.17) is 5.73 Å². The van der Waals surface area contributed by atoms with E-state index in [-0.39, 0.29) is 5.92 Å². The van der Waals surface area contributed by atoms with Gasteiger partial charge in [-0.05, 0) is 58.2 Å². The highest BCUT2D eigenvalue weighted by Crippen LogP contribution is 2.29. The molecule has 4 heteroatoms. The maximum Gasteiger partial charge on any atom is 0.225 e. The molecular formula is C14H27N3O. The fourth-order valence-corrected chi connectivity index (χ4v) is 3.17. The molecule has 0 aromatic carbocycles. The molecule has 4 nitrogen and oxygen atoms in total. The van der Waals surface area contributed by atoms with Crippen molar-refractivity contribution in [2.45, 2.75) is 32.1 Å². The SMILES string of the molecule is CN1CCCN(C(=O)C2CCC(CN)CC2)CC1. The third-order valence-corrected chi connectivity index (χ3v) is 4.56. The van der Waals surface area contributed by atoms with Crippen molar-refractivity contribution in [2.24, 2.45) is 17.6 Å². The van der Waals surface area contributed by atoms with Crippen LogP contribution in [0.2, 0.25) is 0 Å². The Labute approximate surface area is 110 Å². The second kappa shape index (κ2) is 6.53. The van der Waals surface area contributed by atoms with Gasteiger partial charge in [-0.15, -0.1) is 0 Å². The number of rotatable bonds is 2. The lowest BCUT2D eigenvalue weighted by atomic mass is 9.81. The van der Waals surface area contributed by atoms with Crippen LogP contribution in [0.5, 0.6) is 0 Å². The summed E-state index contributed by atoms with van der Waals surface area (Å²) in [6.07, 6.45) is 5.49. The summed E-state index contributed by atoms with van der Waals surface area (Å²) in [5, 5.41) is 0. The van der Waals surface area contributed by atoms with Crippen molar-refractivity contribution in [1.82, 2.24) is 9.80 Å². The molecule has 1 aliphatic carbocycles. The van der Waals surface area contributed by atoms with Gasteiger partial charge in [-0.3, -0.25) is 4.79 Å². The van der Waals surface area contributed by atoms with Gasteiger partial charge in [-0.25, -0.2) is 0 Å². The van der Waals surface area contributed by atoms with E-state index in [1.807, 2.05) is 0 Å². The lowest BCUT2D eigenvalue weighted by molar-refractivity contribution is -0.136. The van der Waals surface area contributed by atoms with E-state index in [0.29, 0.717) is 11.8 Å². The zero-order chi connectivity index (χ0) is 13.0. The molecule has 0 spiro atoms. The summed E-state index contributed by atoms with van der Waals surface area (Å²) in [6, 6.07) is 0. The summed E-state index contributed by atoms with van der Waals surface area (Å²) in [4.78, 5) is 16.9. The smallest absolute Gasteiger partial charge is 0.225 e. The van der Waals surface area contributed by atoms with E-state index in [9.17, 15) is 4.79 Å². The first-order valence-corrected chi connectivity index (χ1v) is 7.38. The molecule has 1 heterocycles. The molecular weight excluding hydrogens is 226 g/mol. The first-order valence-electron chi connectivity index (χ1n) is 7.38. The second-order valence-electron chi connectivity index (χ2n) is 5.94. The monoisotopic (exact) mass is 253 g/mol. The molecule has 2 aliphatic rings. The first kappa shape index (κ1) is 13.8. The Kier molecular flexibility index (Phi) is 5.01. The van der Waals surface area contributed by atoms with Gasteiger partial charge >= 0.3 is 0 Å². The molecule has 0 unspecified atom stereocenters. The van der Waals surface area contributed by atoms with Crippen molar-refractivity contribution in [2.75, 3.05) is 39.8 Å². The van der Waals surface area contributed by atoms with E-state index in [0.717, 1.165) is 64.8 Å². The molecule has 2 N–H and O–H groups in total. The van der Waals surface area contributed by atoms with Crippen LogP contribution >= 0.6 is 0 Å². The summed E-state index contributed by atoms with van der Waals surface area (Å²) in [7, 11) is 2.14. The number of amides is 1. The van der Waals surface area contributed by atoms with Crippen LogP contribution in [0.25, 0.3) is 0 Å². The Bertz CT molecular complexity index is 274. The van der Waals surface area contributed by atoms with Crippen molar-refractivity contribution < 1.29 is 4.79 Å². The minimum absolute atomic E-state index is 0.274. The Hall–Kier alpha value is -0.610. The van der Waals surface area contributed by atoms with Crippen molar-refractivity contribution in [3.05, 3.63) is 0 Å². The van der Waals surface area contributed by atoms with Crippen molar-refractivity contribution in [3.63, 3.8) is 0 Å². The molecule has 0 bridgehead atoms. The summed E-state index contributed by atoms with van der Waals surface area (Å²) >= 11 is 0. The number of nitrogens with two attached hydrogens (primary N) is 1. The van der Waals surface area contributed by atoms with Crippen LogP contribution in [0.1, 0.15) is 32.1 Å². The number of carbonyl (C=O) groups excluding carboxylic acids is 1. The van der Waals surface area contributed by atoms with E-state index in [1.54, 1.807) is 0 Å². The summed E-state index contributed by atoms with van der Waals surface area (Å²) in [6.45, 7) is 4.77. The third-order valence-electron chi connectivity index (χ3n) is 4.56. The van der Waals surface area contributed by atoms with E-state index in [2.05, 4.69) is 16.8 Å². The molecule has 2 rings (SSSR count). The Morgan fingerprint density at radius 1 is 1.11 bits per heavy atom. The van der Waals surface area contributed by atoms with Gasteiger partial charge in [0.25, 0.3) is 0 Å². The largest absolute Gasteiger partial charge is 0.341 e. The molecule has 0 radical (unpaired) electrons. The summed E-state index contributed by atoms with van der Waals surface area (Å²) in [5.41, 5.74) is 5.70. The highest BCUT2D eigenvalue weighted by atomic mass is 16.2. The van der Waals surface area contributed by atoms with Crippen LogP contribution < -0.4 is 5.73 Å². The third kappa shape index (κ3) is 3.45. The average molecular weight is 253 g/mol. The van der Waals surface area contributed by atoms with Crippen molar-refractivity contribution in [3.8, 4) is 0 Å². The predicted octanol–water partition coefficient (Wildman–Crippen LogP) is 0.916. The minimum atomic E-state index is 0.274. The first-order chi connectivity index (χ1) is 8.70. The Morgan fingerprint density at radius 2 is 1.83 bits per heavy atom. The standard InChI is InChI=1S/C14H27N3O/c1-16-7-2-8-17(10-9-16)14(18)13-5-3-12(11-15)4-6-13/h12-13H,2-11,15H2,1H3. The highest BCUT2D eigenvalue weighted by molar-refractivity contribution is 5.79. The topological polar surface area (TPSA) is 49.6 Å². The van der Waals surface area contributed by atoms with E-state index >= 15 is 0 Å². The molecule has 1 saturated heterocycles. The fourth-order valence-electron chi connectivity index (χ4n) is 3.17. The maximum absolute atomic E-state index is 12.5. The van der Waals surface area contributed by atoms with E-state index in [1.165, 1.54) is 0 Å². The summed E-state index contributed by atoms with van der Waals surface area (Å²) in [5.74, 6) is 1.33. The molecule has 18 heavy (non-hydrogen) atoms. The van der Waals surface area contributed by atoms with Gasteiger partial charge in [0.15, 0.2) is 0 Å². The van der Waals surface area contributed by atoms with Gasteiger partial charge in [-0.1, -0.05) is 0 Å². The maximum atomic E-state index is 12.5. The van der Waals surface area contributed by atoms with Crippen LogP contribution in [0.4, 0.5) is 0 Å². The number of hydrogen-bond donors (Lipinski definition) is 1. The molecule has 104 valence electrons. The lowest BCUT2D eigenvalue weighted by Gasteiger charge is -2.31. The summed E-state index contributed by atoms with van der Waals surface area (Å²) < 4.78 is 0.